The Bertz CT molecular complexity index is 597. The van der Waals surface area contributed by atoms with Crippen LogP contribution in [0, 0.1) is 5.92 Å². The van der Waals surface area contributed by atoms with E-state index >= 15 is 0 Å². The summed E-state index contributed by atoms with van der Waals surface area (Å²) >= 11 is 0. The van der Waals surface area contributed by atoms with Crippen molar-refractivity contribution in [2.75, 3.05) is 19.6 Å². The third kappa shape index (κ3) is 3.41. The number of amides is 1. The van der Waals surface area contributed by atoms with Crippen LogP contribution in [0.3, 0.4) is 0 Å². The number of carbonyl (C=O) groups is 1. The maximum atomic E-state index is 12.6. The first-order valence-corrected chi connectivity index (χ1v) is 7.49. The smallest absolute Gasteiger partial charge is 0.326 e. The summed E-state index contributed by atoms with van der Waals surface area (Å²) in [6.07, 6.45) is 4.12. The van der Waals surface area contributed by atoms with Crippen LogP contribution >= 0.6 is 0 Å². The molecule has 1 aliphatic carbocycles. The minimum Gasteiger partial charge on any atom is -0.334 e. The summed E-state index contributed by atoms with van der Waals surface area (Å²) in [6.45, 7) is 2.68. The molecule has 0 aromatic carbocycles. The lowest BCUT2D eigenvalue weighted by Gasteiger charge is -2.30. The Balaban J connectivity index is 1.78. The third-order valence-electron chi connectivity index (χ3n) is 4.15. The topological polar surface area (TPSA) is 98.1 Å². The van der Waals surface area contributed by atoms with E-state index in [0.29, 0.717) is 12.5 Å². The Morgan fingerprint density at radius 3 is 2.48 bits per heavy atom. The van der Waals surface area contributed by atoms with Crippen LogP contribution in [-0.2, 0) is 0 Å². The van der Waals surface area contributed by atoms with E-state index in [9.17, 15) is 14.4 Å². The van der Waals surface area contributed by atoms with Gasteiger partial charge in [-0.25, -0.2) is 4.79 Å². The molecule has 2 fully saturated rings. The van der Waals surface area contributed by atoms with Crippen molar-refractivity contribution in [2.24, 2.45) is 5.92 Å². The highest BCUT2D eigenvalue weighted by atomic mass is 16.2. The fourth-order valence-electron chi connectivity index (χ4n) is 2.87. The molecule has 1 aromatic rings. The molecule has 3 rings (SSSR count). The minimum atomic E-state index is -0.636. The fourth-order valence-corrected chi connectivity index (χ4v) is 2.87. The zero-order valence-corrected chi connectivity index (χ0v) is 11.9. The standard InChI is InChI=1S/C14H20N4O3/c19-12-7-11(16-14(21)17-12)13(20)18(10-1-2-10)8-9-3-5-15-6-4-9/h7,9-10,15H,1-6,8H2,(H2,16,17,19,21). The second kappa shape index (κ2) is 5.85. The molecule has 114 valence electrons. The molecule has 1 saturated carbocycles. The normalized spacial score (nSPS) is 19.4. The molecule has 0 spiro atoms. The van der Waals surface area contributed by atoms with Gasteiger partial charge >= 0.3 is 5.69 Å². The molecular weight excluding hydrogens is 272 g/mol. The number of piperidine rings is 1. The van der Waals surface area contributed by atoms with Crippen molar-refractivity contribution in [1.82, 2.24) is 20.2 Å². The van der Waals surface area contributed by atoms with Crippen LogP contribution in [0.15, 0.2) is 15.7 Å². The van der Waals surface area contributed by atoms with Gasteiger partial charge in [0.05, 0.1) is 0 Å². The van der Waals surface area contributed by atoms with E-state index in [2.05, 4.69) is 15.3 Å². The minimum absolute atomic E-state index is 0.0876. The van der Waals surface area contributed by atoms with Gasteiger partial charge in [0, 0.05) is 18.7 Å². The van der Waals surface area contributed by atoms with Gasteiger partial charge in [-0.3, -0.25) is 14.6 Å². The molecular formula is C14H20N4O3. The second-order valence-corrected chi connectivity index (χ2v) is 5.88. The lowest BCUT2D eigenvalue weighted by atomic mass is 9.97. The second-order valence-electron chi connectivity index (χ2n) is 5.88. The fraction of sp³-hybridized carbons (Fsp3) is 0.643. The van der Waals surface area contributed by atoms with E-state index < -0.39 is 11.2 Å². The van der Waals surface area contributed by atoms with E-state index in [1.54, 1.807) is 0 Å². The third-order valence-corrected chi connectivity index (χ3v) is 4.15. The molecule has 0 radical (unpaired) electrons. The summed E-state index contributed by atoms with van der Waals surface area (Å²) < 4.78 is 0. The van der Waals surface area contributed by atoms with Gasteiger partial charge in [-0.05, 0) is 44.7 Å². The molecule has 2 aliphatic rings. The van der Waals surface area contributed by atoms with Crippen LogP contribution in [0.4, 0.5) is 0 Å². The van der Waals surface area contributed by atoms with Crippen LogP contribution < -0.4 is 16.6 Å². The predicted octanol–water partition coefficient (Wildman–Crippen LogP) is -0.333. The predicted molar refractivity (Wildman–Crippen MR) is 77.3 cm³/mol. The van der Waals surface area contributed by atoms with Crippen LogP contribution in [-0.4, -0.2) is 46.5 Å². The first kappa shape index (κ1) is 14.1. The summed E-state index contributed by atoms with van der Waals surface area (Å²) in [7, 11) is 0. The summed E-state index contributed by atoms with van der Waals surface area (Å²) in [6, 6.07) is 1.43. The van der Waals surface area contributed by atoms with E-state index in [0.717, 1.165) is 38.8 Å². The van der Waals surface area contributed by atoms with Crippen LogP contribution in [0.2, 0.25) is 0 Å². The van der Waals surface area contributed by atoms with Crippen molar-refractivity contribution < 1.29 is 4.79 Å². The first-order chi connectivity index (χ1) is 10.1. The molecule has 1 amide bonds. The summed E-state index contributed by atoms with van der Waals surface area (Å²) in [5.41, 5.74) is -1.09. The van der Waals surface area contributed by atoms with E-state index in [1.165, 1.54) is 6.07 Å². The molecule has 7 heteroatoms. The lowest BCUT2D eigenvalue weighted by Crippen LogP contribution is -2.42. The number of H-pyrrole nitrogens is 2. The Kier molecular flexibility index (Phi) is 3.92. The van der Waals surface area contributed by atoms with Gasteiger partial charge in [0.1, 0.15) is 5.69 Å². The van der Waals surface area contributed by atoms with Crippen molar-refractivity contribution in [3.63, 3.8) is 0 Å². The molecule has 3 N–H and O–H groups in total. The van der Waals surface area contributed by atoms with Crippen LogP contribution in [0.5, 0.6) is 0 Å². The number of hydrogen-bond acceptors (Lipinski definition) is 4. The number of rotatable bonds is 4. The van der Waals surface area contributed by atoms with Crippen molar-refractivity contribution in [1.29, 1.82) is 0 Å². The van der Waals surface area contributed by atoms with Crippen LogP contribution in [0.25, 0.3) is 0 Å². The highest BCUT2D eigenvalue weighted by Gasteiger charge is 2.35. The van der Waals surface area contributed by atoms with Gasteiger partial charge in [-0.2, -0.15) is 0 Å². The number of nitrogens with zero attached hydrogens (tertiary/aromatic N) is 1. The van der Waals surface area contributed by atoms with Crippen molar-refractivity contribution in [2.45, 2.75) is 31.7 Å². The first-order valence-electron chi connectivity index (χ1n) is 7.49. The number of aromatic amines is 2. The van der Waals surface area contributed by atoms with Crippen molar-refractivity contribution >= 4 is 5.91 Å². The van der Waals surface area contributed by atoms with E-state index in [4.69, 9.17) is 0 Å². The molecule has 0 bridgehead atoms. The van der Waals surface area contributed by atoms with Gasteiger partial charge < -0.3 is 15.2 Å². The Morgan fingerprint density at radius 2 is 1.86 bits per heavy atom. The quantitative estimate of drug-likeness (QED) is 0.707. The zero-order valence-electron chi connectivity index (χ0n) is 11.9. The lowest BCUT2D eigenvalue weighted by molar-refractivity contribution is 0.0695. The average Bonchev–Trinajstić information content (AvgIpc) is 3.29. The number of hydrogen-bond donors (Lipinski definition) is 3. The van der Waals surface area contributed by atoms with Crippen molar-refractivity contribution in [3.05, 3.63) is 32.6 Å². The molecule has 0 unspecified atom stereocenters. The number of nitrogens with one attached hydrogen (secondary N) is 3. The van der Waals surface area contributed by atoms with Crippen LogP contribution in [0.1, 0.15) is 36.2 Å². The molecule has 1 aliphatic heterocycles. The van der Waals surface area contributed by atoms with E-state index in [-0.39, 0.29) is 17.6 Å². The van der Waals surface area contributed by atoms with Gasteiger partial charge in [0.15, 0.2) is 0 Å². The maximum Gasteiger partial charge on any atom is 0.326 e. The molecule has 7 nitrogen and oxygen atoms in total. The Morgan fingerprint density at radius 1 is 1.14 bits per heavy atom. The molecule has 1 aromatic heterocycles. The Labute approximate surface area is 121 Å². The molecule has 0 atom stereocenters. The Hall–Kier alpha value is -1.89. The number of carbonyl (C=O) groups excluding carboxylic acids is 1. The molecule has 1 saturated heterocycles. The van der Waals surface area contributed by atoms with Gasteiger partial charge in [0.2, 0.25) is 0 Å². The van der Waals surface area contributed by atoms with E-state index in [1.807, 2.05) is 4.90 Å². The zero-order chi connectivity index (χ0) is 14.8. The van der Waals surface area contributed by atoms with Gasteiger partial charge in [-0.15, -0.1) is 0 Å². The molecule has 21 heavy (non-hydrogen) atoms. The largest absolute Gasteiger partial charge is 0.334 e. The monoisotopic (exact) mass is 292 g/mol. The van der Waals surface area contributed by atoms with Gasteiger partial charge in [-0.1, -0.05) is 0 Å². The highest BCUT2D eigenvalue weighted by molar-refractivity contribution is 5.92. The van der Waals surface area contributed by atoms with Crippen molar-refractivity contribution in [3.8, 4) is 0 Å². The average molecular weight is 292 g/mol. The summed E-state index contributed by atoms with van der Waals surface area (Å²) in [4.78, 5) is 41.6. The SMILES string of the molecule is O=C(c1cc(=O)[nH]c(=O)[nH]1)N(CC1CCNCC1)C1CC1. The summed E-state index contributed by atoms with van der Waals surface area (Å²) in [5.74, 6) is 0.253. The molecule has 2 heterocycles. The van der Waals surface area contributed by atoms with Gasteiger partial charge in [0.25, 0.3) is 11.5 Å². The summed E-state index contributed by atoms with van der Waals surface area (Å²) in [5, 5.41) is 3.31. The maximum absolute atomic E-state index is 12.6. The number of aromatic nitrogens is 2. The highest BCUT2D eigenvalue weighted by Crippen LogP contribution is 2.29.